The number of fused-ring (bicyclic) bond motifs is 2. The molecule has 4 heterocycles. The van der Waals surface area contributed by atoms with Crippen LogP contribution in [0, 0.1) is 11.6 Å². The van der Waals surface area contributed by atoms with Gasteiger partial charge in [0.2, 0.25) is 11.3 Å². The number of carboxylic acids is 1. The highest BCUT2D eigenvalue weighted by Crippen LogP contribution is 2.38. The fourth-order valence-electron chi connectivity index (χ4n) is 6.15. The van der Waals surface area contributed by atoms with E-state index < -0.39 is 34.5 Å². The van der Waals surface area contributed by atoms with Crippen molar-refractivity contribution in [3.8, 4) is 0 Å². The van der Waals surface area contributed by atoms with E-state index in [0.717, 1.165) is 18.9 Å². The number of hydrogen-bond donors (Lipinski definition) is 1. The van der Waals surface area contributed by atoms with E-state index in [1.807, 2.05) is 0 Å². The SMILES string of the molecule is CO/N=C1/C(=O)N(Cc2cn(CC(=O)N3CCN(c4cc5c(cc4F)c(=O)c(C(=O)O)cn5C4CC4)CC3)nn2)c2c(F)cccc21. The molecule has 1 saturated carbocycles. The first-order chi connectivity index (χ1) is 22.6. The molecule has 2 aliphatic heterocycles. The van der Waals surface area contributed by atoms with Gasteiger partial charge in [0.15, 0.2) is 5.71 Å². The molecule has 0 atom stereocenters. The zero-order valence-electron chi connectivity index (χ0n) is 25.1. The molecule has 0 bridgehead atoms. The van der Waals surface area contributed by atoms with E-state index in [2.05, 4.69) is 15.5 Å². The van der Waals surface area contributed by atoms with E-state index in [1.165, 1.54) is 41.2 Å². The van der Waals surface area contributed by atoms with Crippen LogP contribution in [-0.2, 0) is 27.5 Å². The molecule has 0 radical (unpaired) electrons. The van der Waals surface area contributed by atoms with Crippen LogP contribution in [-0.4, -0.2) is 86.4 Å². The summed E-state index contributed by atoms with van der Waals surface area (Å²) in [6.07, 6.45) is 4.52. The zero-order chi connectivity index (χ0) is 33.0. The van der Waals surface area contributed by atoms with Crippen molar-refractivity contribution in [1.82, 2.24) is 24.5 Å². The number of rotatable bonds is 8. The van der Waals surface area contributed by atoms with Crippen LogP contribution in [0.3, 0.4) is 0 Å². The van der Waals surface area contributed by atoms with Crippen molar-refractivity contribution >= 4 is 45.8 Å². The third-order valence-electron chi connectivity index (χ3n) is 8.59. The van der Waals surface area contributed by atoms with E-state index in [9.17, 15) is 28.7 Å². The number of carbonyl (C=O) groups excluding carboxylic acids is 2. The molecule has 2 aromatic carbocycles. The lowest BCUT2D eigenvalue weighted by Crippen LogP contribution is -2.50. The van der Waals surface area contributed by atoms with Gasteiger partial charge in [-0.2, -0.15) is 0 Å². The molecule has 4 aromatic rings. The van der Waals surface area contributed by atoms with Crippen LogP contribution in [0.1, 0.15) is 40.5 Å². The Bertz CT molecular complexity index is 2050. The Morgan fingerprint density at radius 2 is 1.83 bits per heavy atom. The maximum Gasteiger partial charge on any atom is 0.341 e. The maximum atomic E-state index is 15.4. The number of benzene rings is 2. The second-order valence-corrected chi connectivity index (χ2v) is 11.6. The van der Waals surface area contributed by atoms with Gasteiger partial charge in [-0.1, -0.05) is 22.5 Å². The number of halogens is 2. The fourth-order valence-corrected chi connectivity index (χ4v) is 6.15. The summed E-state index contributed by atoms with van der Waals surface area (Å²) in [6, 6.07) is 7.03. The van der Waals surface area contributed by atoms with Gasteiger partial charge in [0, 0.05) is 49.4 Å². The number of anilines is 2. The lowest BCUT2D eigenvalue weighted by molar-refractivity contribution is -0.132. The normalized spacial score (nSPS) is 17.1. The van der Waals surface area contributed by atoms with Crippen molar-refractivity contribution in [2.24, 2.45) is 5.16 Å². The highest BCUT2D eigenvalue weighted by Gasteiger charge is 2.37. The number of carbonyl (C=O) groups is 3. The van der Waals surface area contributed by atoms with Gasteiger partial charge >= 0.3 is 5.97 Å². The first-order valence-corrected chi connectivity index (χ1v) is 14.9. The van der Waals surface area contributed by atoms with Gasteiger partial charge in [0.1, 0.15) is 36.5 Å². The molecule has 0 spiro atoms. The van der Waals surface area contributed by atoms with Crippen LogP contribution in [0.25, 0.3) is 10.9 Å². The second kappa shape index (κ2) is 11.6. The smallest absolute Gasteiger partial charge is 0.341 e. The second-order valence-electron chi connectivity index (χ2n) is 11.6. The largest absolute Gasteiger partial charge is 0.477 e. The first kappa shape index (κ1) is 30.0. The highest BCUT2D eigenvalue weighted by molar-refractivity contribution is 6.54. The summed E-state index contributed by atoms with van der Waals surface area (Å²) >= 11 is 0. The summed E-state index contributed by atoms with van der Waals surface area (Å²) in [5, 5.41) is 21.3. The number of piperazine rings is 1. The molecule has 16 heteroatoms. The van der Waals surface area contributed by atoms with E-state index in [-0.39, 0.29) is 47.5 Å². The topological polar surface area (TPSA) is 155 Å². The number of oxime groups is 1. The number of carboxylic acid groups (broad SMARTS) is 1. The molecule has 47 heavy (non-hydrogen) atoms. The minimum absolute atomic E-state index is 0.0195. The molecule has 2 fully saturated rings. The Morgan fingerprint density at radius 1 is 1.06 bits per heavy atom. The van der Waals surface area contributed by atoms with Crippen LogP contribution in [0.5, 0.6) is 0 Å². The van der Waals surface area contributed by atoms with Crippen molar-refractivity contribution in [3.05, 3.63) is 81.4 Å². The first-order valence-electron chi connectivity index (χ1n) is 14.9. The number of aromatic nitrogens is 4. The number of aromatic carboxylic acids is 1. The number of nitrogens with zero attached hydrogens (tertiary/aromatic N) is 8. The monoisotopic (exact) mass is 646 g/mol. The average molecular weight is 647 g/mol. The van der Waals surface area contributed by atoms with E-state index in [1.54, 1.807) is 26.5 Å². The minimum Gasteiger partial charge on any atom is -0.477 e. The summed E-state index contributed by atoms with van der Waals surface area (Å²) in [4.78, 5) is 60.0. The number of amides is 2. The Balaban J connectivity index is 1.02. The Kier molecular flexibility index (Phi) is 7.41. The van der Waals surface area contributed by atoms with Gasteiger partial charge in [0.25, 0.3) is 5.91 Å². The van der Waals surface area contributed by atoms with Crippen molar-refractivity contribution in [3.63, 3.8) is 0 Å². The quantitative estimate of drug-likeness (QED) is 0.284. The van der Waals surface area contributed by atoms with Crippen LogP contribution < -0.4 is 15.2 Å². The highest BCUT2D eigenvalue weighted by atomic mass is 19.1. The average Bonchev–Trinajstić information content (AvgIpc) is 3.75. The van der Waals surface area contributed by atoms with Gasteiger partial charge in [-0.25, -0.2) is 18.3 Å². The summed E-state index contributed by atoms with van der Waals surface area (Å²) in [7, 11) is 1.29. The van der Waals surface area contributed by atoms with Gasteiger partial charge in [-0.15, -0.1) is 5.10 Å². The van der Waals surface area contributed by atoms with Crippen LogP contribution in [0.4, 0.5) is 20.2 Å². The van der Waals surface area contributed by atoms with Crippen molar-refractivity contribution < 1.29 is 33.1 Å². The van der Waals surface area contributed by atoms with E-state index >= 15 is 4.39 Å². The lowest BCUT2D eigenvalue weighted by Gasteiger charge is -2.36. The molecule has 1 saturated heterocycles. The molecule has 14 nitrogen and oxygen atoms in total. The number of para-hydroxylation sites is 1. The van der Waals surface area contributed by atoms with Gasteiger partial charge < -0.3 is 24.3 Å². The standard InChI is InChI=1S/C31H28F2N8O6/c1-47-35-27-19-3-2-4-22(32)28(19)41(30(27)44)14-17-13-39(36-34-17)16-26(42)38-9-7-37(8-10-38)25-12-24-20(11-23(25)33)29(43)21(31(45)46)15-40(24)18-5-6-18/h2-4,11-13,15,18H,5-10,14,16H2,1H3,(H,45,46)/b35-27+. The van der Waals surface area contributed by atoms with Gasteiger partial charge in [0.05, 0.1) is 29.6 Å². The van der Waals surface area contributed by atoms with Crippen LogP contribution in [0.2, 0.25) is 0 Å². The summed E-state index contributed by atoms with van der Waals surface area (Å²) in [6.45, 7) is 1.00. The lowest BCUT2D eigenvalue weighted by atomic mass is 10.1. The molecule has 1 aliphatic carbocycles. The zero-order valence-corrected chi connectivity index (χ0v) is 25.1. The van der Waals surface area contributed by atoms with E-state index in [0.29, 0.717) is 43.0 Å². The Hall–Kier alpha value is -5.67. The fraction of sp³-hybridized carbons (Fsp3) is 0.323. The minimum atomic E-state index is -1.35. The molecule has 3 aliphatic rings. The molecule has 7 rings (SSSR count). The molecule has 0 unspecified atom stereocenters. The predicted octanol–water partition coefficient (Wildman–Crippen LogP) is 2.15. The van der Waals surface area contributed by atoms with E-state index in [4.69, 9.17) is 4.84 Å². The van der Waals surface area contributed by atoms with Crippen LogP contribution in [0.15, 0.2) is 52.7 Å². The molecule has 2 aromatic heterocycles. The Morgan fingerprint density at radius 3 is 2.53 bits per heavy atom. The third kappa shape index (κ3) is 5.34. The molecular weight excluding hydrogens is 618 g/mol. The Labute approximate surface area is 265 Å². The molecule has 2 amide bonds. The molecular formula is C31H28F2N8O6. The van der Waals surface area contributed by atoms with Gasteiger partial charge in [-0.3, -0.25) is 19.3 Å². The summed E-state index contributed by atoms with van der Waals surface area (Å²) in [5.41, 5.74) is 0.284. The van der Waals surface area contributed by atoms with Crippen LogP contribution >= 0.6 is 0 Å². The maximum absolute atomic E-state index is 15.4. The third-order valence-corrected chi connectivity index (χ3v) is 8.59. The summed E-state index contributed by atoms with van der Waals surface area (Å²) in [5.74, 6) is -3.40. The van der Waals surface area contributed by atoms with Gasteiger partial charge in [-0.05, 0) is 31.0 Å². The summed E-state index contributed by atoms with van der Waals surface area (Å²) < 4.78 is 33.1. The van der Waals surface area contributed by atoms with Crippen molar-refractivity contribution in [2.75, 3.05) is 43.1 Å². The molecule has 242 valence electrons. The predicted molar refractivity (Wildman–Crippen MR) is 163 cm³/mol. The van der Waals surface area contributed by atoms with Crippen molar-refractivity contribution in [2.45, 2.75) is 32.0 Å². The number of hydrogen-bond acceptors (Lipinski definition) is 9. The van der Waals surface area contributed by atoms with Crippen molar-refractivity contribution in [1.29, 1.82) is 0 Å². The number of pyridine rings is 1. The molecule has 1 N–H and O–H groups in total.